The summed E-state index contributed by atoms with van der Waals surface area (Å²) in [4.78, 5) is 13.8. The molecule has 170 valence electrons. The van der Waals surface area contributed by atoms with Crippen LogP contribution >= 0.6 is 24.0 Å². The highest BCUT2D eigenvalue weighted by Gasteiger charge is 2.20. The molecule has 3 rings (SSSR count). The number of aromatic nitrogens is 1. The van der Waals surface area contributed by atoms with Crippen molar-refractivity contribution in [1.82, 2.24) is 19.9 Å². The van der Waals surface area contributed by atoms with E-state index in [1.165, 1.54) is 0 Å². The third-order valence-corrected chi connectivity index (χ3v) is 6.36. The van der Waals surface area contributed by atoms with Crippen molar-refractivity contribution in [2.24, 2.45) is 4.99 Å². The number of halogens is 1. The molecule has 0 aliphatic carbocycles. The Hall–Kier alpha value is -1.92. The largest absolute Gasteiger partial charge is 0.357 e. The zero-order valence-electron chi connectivity index (χ0n) is 18.0. The summed E-state index contributed by atoms with van der Waals surface area (Å²) in [5.41, 5.74) is 1.02. The lowest BCUT2D eigenvalue weighted by atomic mass is 10.2. The number of guanidine groups is 1. The van der Waals surface area contributed by atoms with E-state index in [9.17, 15) is 8.42 Å². The number of nitrogens with zero attached hydrogens (tertiary/aromatic N) is 4. The molecule has 1 aliphatic heterocycles. The van der Waals surface area contributed by atoms with Crippen molar-refractivity contribution in [3.8, 4) is 0 Å². The lowest BCUT2D eigenvalue weighted by molar-refractivity contribution is 0.371. The Balaban J connectivity index is 0.00000341. The minimum absolute atomic E-state index is 0. The van der Waals surface area contributed by atoms with Gasteiger partial charge in [0.25, 0.3) is 0 Å². The number of benzene rings is 1. The van der Waals surface area contributed by atoms with Crippen LogP contribution in [0.15, 0.2) is 58.5 Å². The molecule has 0 spiro atoms. The number of aryl methyl sites for hydroxylation is 1. The summed E-state index contributed by atoms with van der Waals surface area (Å²) in [6, 6.07) is 12.8. The molecule has 1 aliphatic rings. The molecule has 1 aromatic carbocycles. The molecular weight excluding hydrogens is 527 g/mol. The number of piperazine rings is 1. The molecule has 2 aromatic rings. The first-order chi connectivity index (χ1) is 14.5. The molecule has 2 N–H and O–H groups in total. The van der Waals surface area contributed by atoms with Gasteiger partial charge in [-0.05, 0) is 38.1 Å². The Kier molecular flexibility index (Phi) is 9.97. The molecule has 10 heteroatoms. The van der Waals surface area contributed by atoms with Crippen LogP contribution in [-0.2, 0) is 10.0 Å². The van der Waals surface area contributed by atoms with Crippen LogP contribution in [0.4, 0.5) is 5.82 Å². The van der Waals surface area contributed by atoms with E-state index in [0.29, 0.717) is 6.54 Å². The molecular formula is C21H31IN6O2S. The summed E-state index contributed by atoms with van der Waals surface area (Å²) in [6.45, 7) is 8.72. The first-order valence-electron chi connectivity index (χ1n) is 10.2. The SMILES string of the molecule is CCNC(=NCCNS(=O)(=O)c1ccc(C)cc1)N1CCN(c2ccccn2)CC1.I. The van der Waals surface area contributed by atoms with E-state index in [4.69, 9.17) is 0 Å². The quantitative estimate of drug-likeness (QED) is 0.234. The third-order valence-electron chi connectivity index (χ3n) is 4.88. The van der Waals surface area contributed by atoms with Gasteiger partial charge in [-0.1, -0.05) is 23.8 Å². The molecule has 0 saturated carbocycles. The van der Waals surface area contributed by atoms with Gasteiger partial charge in [0.05, 0.1) is 11.4 Å². The van der Waals surface area contributed by atoms with E-state index in [1.54, 1.807) is 24.3 Å². The minimum Gasteiger partial charge on any atom is -0.357 e. The van der Waals surface area contributed by atoms with E-state index >= 15 is 0 Å². The Morgan fingerprint density at radius 1 is 1.10 bits per heavy atom. The topological polar surface area (TPSA) is 89.9 Å². The lowest BCUT2D eigenvalue weighted by Gasteiger charge is -2.37. The maximum absolute atomic E-state index is 12.4. The number of hydrogen-bond acceptors (Lipinski definition) is 5. The maximum atomic E-state index is 12.4. The minimum atomic E-state index is -3.52. The first kappa shape index (κ1) is 25.3. The van der Waals surface area contributed by atoms with Gasteiger partial charge in [-0.15, -0.1) is 24.0 Å². The van der Waals surface area contributed by atoms with E-state index in [2.05, 4.69) is 29.8 Å². The fourth-order valence-corrected chi connectivity index (χ4v) is 4.28. The van der Waals surface area contributed by atoms with Gasteiger partial charge in [0.1, 0.15) is 5.82 Å². The number of hydrogen-bond donors (Lipinski definition) is 2. The summed E-state index contributed by atoms with van der Waals surface area (Å²) >= 11 is 0. The van der Waals surface area contributed by atoms with Crippen LogP contribution in [0.5, 0.6) is 0 Å². The highest BCUT2D eigenvalue weighted by atomic mass is 127. The molecule has 0 radical (unpaired) electrons. The lowest BCUT2D eigenvalue weighted by Crippen LogP contribution is -2.52. The van der Waals surface area contributed by atoms with Crippen LogP contribution < -0.4 is 14.9 Å². The van der Waals surface area contributed by atoms with Gasteiger partial charge < -0.3 is 15.1 Å². The van der Waals surface area contributed by atoms with Crippen LogP contribution in [0.2, 0.25) is 0 Å². The highest BCUT2D eigenvalue weighted by molar-refractivity contribution is 14.0. The molecule has 0 amide bonds. The fraction of sp³-hybridized carbons (Fsp3) is 0.429. The molecule has 31 heavy (non-hydrogen) atoms. The second kappa shape index (κ2) is 12.2. The van der Waals surface area contributed by atoms with Gasteiger partial charge >= 0.3 is 0 Å². The summed E-state index contributed by atoms with van der Waals surface area (Å²) in [5.74, 6) is 1.80. The number of anilines is 1. The van der Waals surface area contributed by atoms with Gasteiger partial charge in [0.15, 0.2) is 5.96 Å². The normalized spacial score (nSPS) is 14.8. The molecule has 1 aromatic heterocycles. The summed E-state index contributed by atoms with van der Waals surface area (Å²) in [6.07, 6.45) is 1.81. The van der Waals surface area contributed by atoms with Crippen LogP contribution in [0.25, 0.3) is 0 Å². The van der Waals surface area contributed by atoms with Crippen molar-refractivity contribution in [1.29, 1.82) is 0 Å². The average Bonchev–Trinajstić information content (AvgIpc) is 2.77. The average molecular weight is 558 g/mol. The zero-order chi connectivity index (χ0) is 21.4. The van der Waals surface area contributed by atoms with Crippen LogP contribution in [0, 0.1) is 6.92 Å². The van der Waals surface area contributed by atoms with Gasteiger partial charge in [0.2, 0.25) is 10.0 Å². The first-order valence-corrected chi connectivity index (χ1v) is 11.7. The third kappa shape index (κ3) is 7.32. The molecule has 8 nitrogen and oxygen atoms in total. The summed E-state index contributed by atoms with van der Waals surface area (Å²) < 4.78 is 27.4. The van der Waals surface area contributed by atoms with Crippen LogP contribution in [0.3, 0.4) is 0 Å². The van der Waals surface area contributed by atoms with Gasteiger partial charge in [-0.25, -0.2) is 18.1 Å². The van der Waals surface area contributed by atoms with Gasteiger partial charge in [0, 0.05) is 45.5 Å². The van der Waals surface area contributed by atoms with Gasteiger partial charge in [-0.3, -0.25) is 4.99 Å². The molecule has 2 heterocycles. The predicted octanol–water partition coefficient (Wildman–Crippen LogP) is 2.07. The molecule has 0 bridgehead atoms. The second-order valence-corrected chi connectivity index (χ2v) is 8.88. The molecule has 1 fully saturated rings. The van der Waals surface area contributed by atoms with Crippen molar-refractivity contribution in [2.45, 2.75) is 18.7 Å². The number of aliphatic imine (C=N–C) groups is 1. The van der Waals surface area contributed by atoms with Crippen LogP contribution in [0.1, 0.15) is 12.5 Å². The predicted molar refractivity (Wildman–Crippen MR) is 136 cm³/mol. The summed E-state index contributed by atoms with van der Waals surface area (Å²) in [5, 5.41) is 3.31. The standard InChI is InChI=1S/C21H30N6O2S.HI/c1-3-22-21(27-16-14-26(15-17-27)20-6-4-5-11-23-20)24-12-13-25-30(28,29)19-9-7-18(2)8-10-19;/h4-11,25H,3,12-17H2,1-2H3,(H,22,24);1H. The van der Waals surface area contributed by atoms with E-state index < -0.39 is 10.0 Å². The Labute approximate surface area is 202 Å². The zero-order valence-corrected chi connectivity index (χ0v) is 21.1. The molecule has 0 atom stereocenters. The van der Waals surface area contributed by atoms with E-state index in [-0.39, 0.29) is 35.4 Å². The number of rotatable bonds is 7. The van der Waals surface area contributed by atoms with Crippen LogP contribution in [-0.4, -0.2) is 70.1 Å². The molecule has 1 saturated heterocycles. The monoisotopic (exact) mass is 558 g/mol. The van der Waals surface area contributed by atoms with Crippen molar-refractivity contribution < 1.29 is 8.42 Å². The number of sulfonamides is 1. The Morgan fingerprint density at radius 2 is 1.81 bits per heavy atom. The highest BCUT2D eigenvalue weighted by Crippen LogP contribution is 2.13. The maximum Gasteiger partial charge on any atom is 0.240 e. The van der Waals surface area contributed by atoms with E-state index in [0.717, 1.165) is 50.1 Å². The van der Waals surface area contributed by atoms with Crippen molar-refractivity contribution in [3.63, 3.8) is 0 Å². The summed E-state index contributed by atoms with van der Waals surface area (Å²) in [7, 11) is -3.52. The second-order valence-electron chi connectivity index (χ2n) is 7.11. The van der Waals surface area contributed by atoms with Crippen molar-refractivity contribution in [2.75, 3.05) is 50.7 Å². The van der Waals surface area contributed by atoms with Crippen molar-refractivity contribution >= 4 is 45.8 Å². The van der Waals surface area contributed by atoms with E-state index in [1.807, 2.05) is 38.2 Å². The van der Waals surface area contributed by atoms with Crippen molar-refractivity contribution in [3.05, 3.63) is 54.2 Å². The smallest absolute Gasteiger partial charge is 0.240 e. The fourth-order valence-electron chi connectivity index (χ4n) is 3.26. The van der Waals surface area contributed by atoms with Gasteiger partial charge in [-0.2, -0.15) is 0 Å². The Morgan fingerprint density at radius 3 is 2.42 bits per heavy atom. The number of nitrogens with one attached hydrogen (secondary N) is 2. The molecule has 0 unspecified atom stereocenters. The Bertz CT molecular complexity index is 930. The number of pyridine rings is 1.